The normalized spacial score (nSPS) is 26.9. The Balaban J connectivity index is 1.36. The van der Waals surface area contributed by atoms with Gasteiger partial charge in [-0.25, -0.2) is 4.39 Å². The van der Waals surface area contributed by atoms with Gasteiger partial charge in [0, 0.05) is 37.6 Å². The maximum Gasteiger partial charge on any atom is 0.416 e. The highest BCUT2D eigenvalue weighted by Gasteiger charge is 2.52. The zero-order valence-electron chi connectivity index (χ0n) is 20.7. The van der Waals surface area contributed by atoms with Crippen molar-refractivity contribution in [1.29, 1.82) is 0 Å². The number of benzene rings is 2. The largest absolute Gasteiger partial charge is 0.416 e. The third-order valence-corrected chi connectivity index (χ3v) is 7.68. The molecule has 3 unspecified atom stereocenters. The van der Waals surface area contributed by atoms with Gasteiger partial charge in [-0.15, -0.1) is 0 Å². The lowest BCUT2D eigenvalue weighted by Crippen LogP contribution is -2.58. The number of amides is 2. The van der Waals surface area contributed by atoms with Crippen LogP contribution in [0.25, 0.3) is 10.9 Å². The molecule has 38 heavy (non-hydrogen) atoms. The topological polar surface area (TPSA) is 82.5 Å². The Labute approximate surface area is 216 Å². The van der Waals surface area contributed by atoms with Crippen LogP contribution in [-0.4, -0.2) is 45.6 Å². The van der Waals surface area contributed by atoms with Crippen LogP contribution in [-0.2, 0) is 27.9 Å². The van der Waals surface area contributed by atoms with Gasteiger partial charge >= 0.3 is 6.18 Å². The Morgan fingerprint density at radius 1 is 1.13 bits per heavy atom. The smallest absolute Gasteiger partial charge is 0.382 e. The van der Waals surface area contributed by atoms with E-state index in [4.69, 9.17) is 0 Å². The number of nitrogens with one attached hydrogen (secondary N) is 1. The van der Waals surface area contributed by atoms with Crippen LogP contribution < -0.4 is 5.32 Å². The molecule has 2 aromatic carbocycles. The first kappa shape index (κ1) is 26.2. The fraction of sp³-hybridized carbons (Fsp3) is 0.393. The van der Waals surface area contributed by atoms with Gasteiger partial charge < -0.3 is 5.11 Å². The predicted molar refractivity (Wildman–Crippen MR) is 132 cm³/mol. The van der Waals surface area contributed by atoms with Gasteiger partial charge in [-0.3, -0.25) is 24.8 Å². The summed E-state index contributed by atoms with van der Waals surface area (Å²) in [5, 5.41) is 14.6. The SMILES string of the molecule is CC1(F)CN(Cc2ccc(C(F)(F)F)cc2)CCC1(O)c1ccc2ncc(C3CCC(=O)NC3=O)cc2c1. The van der Waals surface area contributed by atoms with Crippen LogP contribution in [0.1, 0.15) is 54.4 Å². The number of piperidine rings is 2. The van der Waals surface area contributed by atoms with Gasteiger partial charge in [-0.1, -0.05) is 18.2 Å². The minimum atomic E-state index is -4.42. The zero-order valence-corrected chi connectivity index (χ0v) is 20.7. The summed E-state index contributed by atoms with van der Waals surface area (Å²) < 4.78 is 54.6. The zero-order chi connectivity index (χ0) is 27.3. The number of rotatable bonds is 4. The number of fused-ring (bicyclic) bond motifs is 1. The molecule has 6 nitrogen and oxygen atoms in total. The molecule has 3 heterocycles. The summed E-state index contributed by atoms with van der Waals surface area (Å²) >= 11 is 0. The Kier molecular flexibility index (Phi) is 6.51. The molecule has 0 saturated carbocycles. The van der Waals surface area contributed by atoms with Crippen LogP contribution in [0.4, 0.5) is 17.6 Å². The standard InChI is InChI=1S/C28H27F4N3O3/c1-26(29)16-35(15-17-2-4-20(5-3-17)28(30,31)32)11-10-27(26,38)21-6-8-23-18(13-21)12-19(14-33-23)22-7-9-24(36)34-25(22)37/h2-6,8,12-14,22,38H,7,9-11,15-16H2,1H3,(H,34,36,37). The Morgan fingerprint density at radius 2 is 1.87 bits per heavy atom. The van der Waals surface area contributed by atoms with E-state index >= 15 is 4.39 Å². The lowest BCUT2D eigenvalue weighted by molar-refractivity contribution is -0.148. The molecule has 2 amide bonds. The fourth-order valence-electron chi connectivity index (χ4n) is 5.46. The lowest BCUT2D eigenvalue weighted by Gasteiger charge is -2.47. The third-order valence-electron chi connectivity index (χ3n) is 7.68. The number of carbonyl (C=O) groups excluding carboxylic acids is 2. The van der Waals surface area contributed by atoms with E-state index in [0.717, 1.165) is 12.1 Å². The summed E-state index contributed by atoms with van der Waals surface area (Å²) in [5.74, 6) is -1.21. The van der Waals surface area contributed by atoms with Crippen molar-refractivity contribution in [2.75, 3.05) is 13.1 Å². The van der Waals surface area contributed by atoms with Crippen LogP contribution in [0, 0.1) is 0 Å². The maximum atomic E-state index is 16.1. The molecule has 5 rings (SSSR count). The van der Waals surface area contributed by atoms with E-state index in [0.29, 0.717) is 40.6 Å². The molecule has 2 saturated heterocycles. The quantitative estimate of drug-likeness (QED) is 0.382. The van der Waals surface area contributed by atoms with Crippen LogP contribution in [0.15, 0.2) is 54.7 Å². The summed E-state index contributed by atoms with van der Waals surface area (Å²) in [5.41, 5.74) is -2.34. The molecule has 3 aromatic rings. The highest BCUT2D eigenvalue weighted by atomic mass is 19.4. The van der Waals surface area contributed by atoms with Gasteiger partial charge in [0.1, 0.15) is 5.60 Å². The second-order valence-corrected chi connectivity index (χ2v) is 10.4. The van der Waals surface area contributed by atoms with E-state index in [1.54, 1.807) is 35.4 Å². The highest BCUT2D eigenvalue weighted by Crippen LogP contribution is 2.44. The molecular weight excluding hydrogens is 502 g/mol. The second kappa shape index (κ2) is 9.43. The van der Waals surface area contributed by atoms with Crippen molar-refractivity contribution >= 4 is 22.7 Å². The second-order valence-electron chi connectivity index (χ2n) is 10.4. The van der Waals surface area contributed by atoms with E-state index in [-0.39, 0.29) is 37.7 Å². The number of imide groups is 1. The summed E-state index contributed by atoms with van der Waals surface area (Å²) in [6, 6.07) is 11.6. The summed E-state index contributed by atoms with van der Waals surface area (Å²) in [7, 11) is 0. The molecule has 0 spiro atoms. The summed E-state index contributed by atoms with van der Waals surface area (Å²) in [6.07, 6.45) is -2.14. The van der Waals surface area contributed by atoms with Crippen LogP contribution >= 0.6 is 0 Å². The number of hydrogen-bond acceptors (Lipinski definition) is 5. The highest BCUT2D eigenvalue weighted by molar-refractivity contribution is 6.01. The number of halogens is 4. The van der Waals surface area contributed by atoms with E-state index in [2.05, 4.69) is 10.3 Å². The van der Waals surface area contributed by atoms with Crippen molar-refractivity contribution in [1.82, 2.24) is 15.2 Å². The van der Waals surface area contributed by atoms with Gasteiger partial charge in [0.15, 0.2) is 5.67 Å². The fourth-order valence-corrected chi connectivity index (χ4v) is 5.46. The van der Waals surface area contributed by atoms with E-state index in [9.17, 15) is 27.9 Å². The predicted octanol–water partition coefficient (Wildman–Crippen LogP) is 4.60. The number of alkyl halides is 4. The van der Waals surface area contributed by atoms with Crippen molar-refractivity contribution in [3.63, 3.8) is 0 Å². The van der Waals surface area contributed by atoms with Crippen LogP contribution in [0.2, 0.25) is 0 Å². The maximum absolute atomic E-state index is 16.1. The first-order valence-corrected chi connectivity index (χ1v) is 12.4. The van der Waals surface area contributed by atoms with E-state index in [1.807, 2.05) is 0 Å². The third kappa shape index (κ3) is 4.90. The Bertz CT molecular complexity index is 1390. The van der Waals surface area contributed by atoms with Gasteiger partial charge in [0.2, 0.25) is 11.8 Å². The average molecular weight is 530 g/mol. The van der Waals surface area contributed by atoms with E-state index < -0.39 is 28.9 Å². The van der Waals surface area contributed by atoms with Crippen molar-refractivity contribution < 1.29 is 32.3 Å². The number of aromatic nitrogens is 1. The van der Waals surface area contributed by atoms with Crippen molar-refractivity contribution in [3.8, 4) is 0 Å². The molecule has 0 radical (unpaired) electrons. The molecule has 2 aliphatic heterocycles. The number of hydrogen-bond donors (Lipinski definition) is 2. The molecule has 1 aromatic heterocycles. The Morgan fingerprint density at radius 3 is 2.53 bits per heavy atom. The van der Waals surface area contributed by atoms with Crippen LogP contribution in [0.5, 0.6) is 0 Å². The van der Waals surface area contributed by atoms with Gasteiger partial charge in [0.25, 0.3) is 0 Å². The summed E-state index contributed by atoms with van der Waals surface area (Å²) in [4.78, 5) is 30.0. The minimum absolute atomic E-state index is 0.0758. The van der Waals surface area contributed by atoms with Gasteiger partial charge in [-0.2, -0.15) is 13.2 Å². The number of likely N-dealkylation sites (tertiary alicyclic amines) is 1. The molecule has 0 aliphatic carbocycles. The first-order chi connectivity index (χ1) is 17.9. The van der Waals surface area contributed by atoms with Crippen LogP contribution in [0.3, 0.4) is 0 Å². The number of pyridine rings is 1. The van der Waals surface area contributed by atoms with Crippen molar-refractivity contribution in [3.05, 3.63) is 77.0 Å². The van der Waals surface area contributed by atoms with E-state index in [1.165, 1.54) is 19.1 Å². The molecule has 2 aliphatic rings. The van der Waals surface area contributed by atoms with Crippen molar-refractivity contribution in [2.45, 2.75) is 56.1 Å². The van der Waals surface area contributed by atoms with Gasteiger partial charge in [-0.05, 0) is 66.8 Å². The molecule has 10 heteroatoms. The Hall–Kier alpha value is -3.37. The average Bonchev–Trinajstić information content (AvgIpc) is 2.85. The minimum Gasteiger partial charge on any atom is -0.382 e. The molecule has 2 fully saturated rings. The lowest BCUT2D eigenvalue weighted by atomic mass is 9.74. The number of aliphatic hydroxyl groups is 1. The molecule has 200 valence electrons. The summed E-state index contributed by atoms with van der Waals surface area (Å²) in [6.45, 7) is 1.81. The van der Waals surface area contributed by atoms with Crippen molar-refractivity contribution in [2.24, 2.45) is 0 Å². The monoisotopic (exact) mass is 529 g/mol. The first-order valence-electron chi connectivity index (χ1n) is 12.4. The molecule has 0 bridgehead atoms. The molecule has 2 N–H and O–H groups in total. The molecular formula is C28H27F4N3O3. The number of nitrogens with zero attached hydrogens (tertiary/aromatic N) is 2. The van der Waals surface area contributed by atoms with Gasteiger partial charge in [0.05, 0.1) is 17.0 Å². The molecule has 3 atom stereocenters. The number of carbonyl (C=O) groups is 2.